The molecule has 0 atom stereocenters. The largest absolute Gasteiger partial charge is 0.486 e. The van der Waals surface area contributed by atoms with E-state index in [-0.39, 0.29) is 11.7 Å². The van der Waals surface area contributed by atoms with Crippen LogP contribution in [0.25, 0.3) is 0 Å². The lowest BCUT2D eigenvalue weighted by Crippen LogP contribution is -2.18. The quantitative estimate of drug-likeness (QED) is 0.604. The van der Waals surface area contributed by atoms with E-state index in [1.807, 2.05) is 0 Å². The van der Waals surface area contributed by atoms with Crippen molar-refractivity contribution in [3.8, 4) is 11.5 Å². The molecule has 0 aromatic heterocycles. The maximum atomic E-state index is 12.7. The zero-order valence-corrected chi connectivity index (χ0v) is 12.2. The van der Waals surface area contributed by atoms with Crippen LogP contribution in [-0.4, -0.2) is 19.0 Å². The van der Waals surface area contributed by atoms with Crippen molar-refractivity contribution in [2.75, 3.05) is 13.2 Å². The summed E-state index contributed by atoms with van der Waals surface area (Å²) in [4.78, 5) is 12.7. The van der Waals surface area contributed by atoms with Gasteiger partial charge in [0.15, 0.2) is 17.3 Å². The predicted molar refractivity (Wildman–Crippen MR) is 78.0 cm³/mol. The average Bonchev–Trinajstić information content (AvgIpc) is 2.75. The zero-order valence-electron chi connectivity index (χ0n) is 11.5. The molecule has 2 aliphatic rings. The van der Waals surface area contributed by atoms with Crippen LogP contribution in [-0.2, 0) is 0 Å². The molecule has 0 unspecified atom stereocenters. The maximum Gasteiger partial charge on any atom is 0.167 e. The lowest BCUT2D eigenvalue weighted by Gasteiger charge is -2.20. The van der Waals surface area contributed by atoms with Crippen molar-refractivity contribution in [3.63, 3.8) is 0 Å². The van der Waals surface area contributed by atoms with Gasteiger partial charge in [0.25, 0.3) is 0 Å². The molecule has 1 saturated carbocycles. The molecule has 1 aromatic carbocycles. The highest BCUT2D eigenvalue weighted by molar-refractivity contribution is 6.34. The Hall–Kier alpha value is -1.22. The van der Waals surface area contributed by atoms with E-state index in [1.54, 1.807) is 12.1 Å². The molecule has 0 saturated heterocycles. The maximum absolute atomic E-state index is 12.7. The van der Waals surface area contributed by atoms with Crippen molar-refractivity contribution < 1.29 is 14.3 Å². The fourth-order valence-corrected chi connectivity index (χ4v) is 3.26. The molecule has 1 aliphatic heterocycles. The van der Waals surface area contributed by atoms with Crippen LogP contribution < -0.4 is 9.47 Å². The van der Waals surface area contributed by atoms with Crippen LogP contribution in [0.3, 0.4) is 0 Å². The van der Waals surface area contributed by atoms with Gasteiger partial charge in [-0.15, -0.1) is 0 Å². The minimum absolute atomic E-state index is 0.109. The number of hydrogen-bond donors (Lipinski definition) is 0. The van der Waals surface area contributed by atoms with Crippen LogP contribution in [0.5, 0.6) is 11.5 Å². The molecular weight excluding hydrogens is 276 g/mol. The molecular formula is C16H19ClO3. The summed E-state index contributed by atoms with van der Waals surface area (Å²) in [7, 11) is 0. The van der Waals surface area contributed by atoms with E-state index in [0.717, 1.165) is 25.7 Å². The molecule has 1 fully saturated rings. The summed E-state index contributed by atoms with van der Waals surface area (Å²) in [6, 6.07) is 3.46. The fraction of sp³-hybridized carbons (Fsp3) is 0.562. The van der Waals surface area contributed by atoms with E-state index < -0.39 is 0 Å². The Bertz CT molecular complexity index is 505. The van der Waals surface area contributed by atoms with E-state index in [4.69, 9.17) is 21.1 Å². The summed E-state index contributed by atoms with van der Waals surface area (Å²) < 4.78 is 11.0. The second-order valence-electron chi connectivity index (χ2n) is 5.53. The molecule has 1 heterocycles. The molecule has 20 heavy (non-hydrogen) atoms. The first kappa shape index (κ1) is 13.7. The number of hydrogen-bond acceptors (Lipinski definition) is 3. The van der Waals surface area contributed by atoms with Crippen molar-refractivity contribution >= 4 is 17.4 Å². The summed E-state index contributed by atoms with van der Waals surface area (Å²) in [5.74, 6) is 1.54. The van der Waals surface area contributed by atoms with Crippen molar-refractivity contribution in [3.05, 3.63) is 22.7 Å². The van der Waals surface area contributed by atoms with Gasteiger partial charge in [-0.25, -0.2) is 0 Å². The number of carbonyl (C=O) groups excluding carboxylic acids is 1. The Labute approximate surface area is 124 Å². The lowest BCUT2D eigenvalue weighted by molar-refractivity contribution is 0.0907. The first-order valence-electron chi connectivity index (χ1n) is 7.39. The van der Waals surface area contributed by atoms with Gasteiger partial charge in [-0.05, 0) is 18.9 Å². The number of halogens is 1. The number of ether oxygens (including phenoxy) is 2. The van der Waals surface area contributed by atoms with Gasteiger partial charge < -0.3 is 9.47 Å². The Morgan fingerprint density at radius 2 is 1.60 bits per heavy atom. The van der Waals surface area contributed by atoms with Gasteiger partial charge in [-0.2, -0.15) is 0 Å². The van der Waals surface area contributed by atoms with Crippen molar-refractivity contribution in [1.29, 1.82) is 0 Å². The van der Waals surface area contributed by atoms with Crippen LogP contribution in [0.1, 0.15) is 48.9 Å². The number of carbonyl (C=O) groups is 1. The minimum Gasteiger partial charge on any atom is -0.486 e. The average molecular weight is 295 g/mol. The third-order valence-corrected chi connectivity index (χ3v) is 4.44. The smallest absolute Gasteiger partial charge is 0.167 e. The third-order valence-electron chi connectivity index (χ3n) is 4.12. The van der Waals surface area contributed by atoms with Gasteiger partial charge >= 0.3 is 0 Å². The monoisotopic (exact) mass is 294 g/mol. The second-order valence-corrected chi connectivity index (χ2v) is 5.94. The molecule has 0 bridgehead atoms. The Morgan fingerprint density at radius 1 is 1.00 bits per heavy atom. The first-order valence-corrected chi connectivity index (χ1v) is 7.77. The molecule has 0 radical (unpaired) electrons. The summed E-state index contributed by atoms with van der Waals surface area (Å²) in [6.07, 6.45) is 6.70. The molecule has 3 rings (SSSR count). The van der Waals surface area contributed by atoms with Gasteiger partial charge in [0.1, 0.15) is 13.2 Å². The lowest BCUT2D eigenvalue weighted by atomic mass is 9.91. The third kappa shape index (κ3) is 2.78. The van der Waals surface area contributed by atoms with Crippen LogP contribution in [0.2, 0.25) is 5.02 Å². The molecule has 108 valence electrons. The number of Topliss-reactive ketones (excluding diaryl/α,β-unsaturated/α-hetero) is 1. The molecule has 1 aliphatic carbocycles. The number of benzene rings is 1. The van der Waals surface area contributed by atoms with E-state index >= 15 is 0 Å². The van der Waals surface area contributed by atoms with Gasteiger partial charge in [-0.1, -0.05) is 37.3 Å². The molecule has 0 spiro atoms. The van der Waals surface area contributed by atoms with E-state index in [9.17, 15) is 4.79 Å². The SMILES string of the molecule is O=C(c1cc2c(cc1Cl)OCCO2)C1CCCCCC1. The van der Waals surface area contributed by atoms with Crippen LogP contribution in [0.15, 0.2) is 12.1 Å². The summed E-state index contributed by atoms with van der Waals surface area (Å²) in [5, 5.41) is 0.475. The number of rotatable bonds is 2. The number of ketones is 1. The van der Waals surface area contributed by atoms with Gasteiger partial charge in [0, 0.05) is 17.5 Å². The molecule has 0 amide bonds. The molecule has 0 N–H and O–H groups in total. The Balaban J connectivity index is 1.86. The van der Waals surface area contributed by atoms with Crippen LogP contribution >= 0.6 is 11.6 Å². The first-order chi connectivity index (χ1) is 9.75. The standard InChI is InChI=1S/C16H19ClO3/c17-13-10-15-14(19-7-8-20-15)9-12(13)16(18)11-5-3-1-2-4-6-11/h9-11H,1-8H2. The molecule has 4 heteroatoms. The second kappa shape index (κ2) is 6.04. The molecule has 1 aromatic rings. The van der Waals surface area contributed by atoms with Gasteiger partial charge in [0.2, 0.25) is 0 Å². The summed E-state index contributed by atoms with van der Waals surface area (Å²) in [5.41, 5.74) is 0.586. The zero-order chi connectivity index (χ0) is 13.9. The van der Waals surface area contributed by atoms with Gasteiger partial charge in [0.05, 0.1) is 5.02 Å². The predicted octanol–water partition coefficient (Wildman–Crippen LogP) is 4.26. The van der Waals surface area contributed by atoms with Crippen molar-refractivity contribution in [1.82, 2.24) is 0 Å². The molecule has 3 nitrogen and oxygen atoms in total. The Morgan fingerprint density at radius 3 is 2.25 bits per heavy atom. The Kier molecular flexibility index (Phi) is 4.16. The summed E-state index contributed by atoms with van der Waals surface area (Å²) >= 11 is 6.26. The van der Waals surface area contributed by atoms with E-state index in [2.05, 4.69) is 0 Å². The number of fused-ring (bicyclic) bond motifs is 1. The highest BCUT2D eigenvalue weighted by Gasteiger charge is 2.25. The van der Waals surface area contributed by atoms with Gasteiger partial charge in [-0.3, -0.25) is 4.79 Å². The van der Waals surface area contributed by atoms with Crippen LogP contribution in [0.4, 0.5) is 0 Å². The van der Waals surface area contributed by atoms with E-state index in [1.165, 1.54) is 12.8 Å². The van der Waals surface area contributed by atoms with Crippen LogP contribution in [0, 0.1) is 5.92 Å². The fourth-order valence-electron chi connectivity index (χ4n) is 3.01. The highest BCUT2D eigenvalue weighted by Crippen LogP contribution is 2.37. The topological polar surface area (TPSA) is 35.5 Å². The van der Waals surface area contributed by atoms with Crippen molar-refractivity contribution in [2.45, 2.75) is 38.5 Å². The summed E-state index contributed by atoms with van der Waals surface area (Å²) in [6.45, 7) is 1.05. The normalized spacial score (nSPS) is 19.4. The highest BCUT2D eigenvalue weighted by atomic mass is 35.5. The minimum atomic E-state index is 0.109. The van der Waals surface area contributed by atoms with E-state index in [0.29, 0.717) is 35.3 Å². The van der Waals surface area contributed by atoms with Crippen molar-refractivity contribution in [2.24, 2.45) is 5.92 Å².